The molecule has 0 bridgehead atoms. The number of hydrogen-bond donors (Lipinski definition) is 1. The molecule has 2 amide bonds. The normalized spacial score (nSPS) is 12.4. The van der Waals surface area contributed by atoms with E-state index in [9.17, 15) is 31.2 Å². The van der Waals surface area contributed by atoms with Crippen molar-refractivity contribution < 1.29 is 35.9 Å². The van der Waals surface area contributed by atoms with Gasteiger partial charge >= 0.3 is 6.18 Å². The minimum Gasteiger partial charge on any atom is -0.497 e. The highest BCUT2D eigenvalue weighted by Crippen LogP contribution is 2.33. The van der Waals surface area contributed by atoms with Crippen molar-refractivity contribution in [2.75, 3.05) is 25.0 Å². The lowest BCUT2D eigenvalue weighted by molar-refractivity contribution is -0.139. The molecule has 0 radical (unpaired) electrons. The van der Waals surface area contributed by atoms with Gasteiger partial charge in [-0.1, -0.05) is 35.9 Å². The molecule has 0 saturated carbocycles. The number of sulfonamides is 1. The van der Waals surface area contributed by atoms with E-state index in [0.717, 1.165) is 17.7 Å². The third kappa shape index (κ3) is 7.12. The van der Waals surface area contributed by atoms with Crippen LogP contribution in [0.25, 0.3) is 0 Å². The summed E-state index contributed by atoms with van der Waals surface area (Å²) in [5, 5.41) is 2.46. The maximum absolute atomic E-state index is 13.7. The standard InChI is InChI=1S/C28H30F3N3O5S/c1-19-11-13-25(14-12-19)40(37,38)34(23-9-6-8-22(16-23)28(29,30)31)18-26(35)33(20(2)27(36)32-3)17-21-7-5-10-24(15-21)39-4/h5-16,20H,17-18H2,1-4H3,(H,32,36)/t20-/m1/s1. The first-order chi connectivity index (χ1) is 18.8. The fraction of sp³-hybridized carbons (Fsp3) is 0.286. The highest BCUT2D eigenvalue weighted by Gasteiger charge is 2.35. The summed E-state index contributed by atoms with van der Waals surface area (Å²) >= 11 is 0. The summed E-state index contributed by atoms with van der Waals surface area (Å²) < 4.78 is 73.9. The van der Waals surface area contributed by atoms with Crippen LogP contribution < -0.4 is 14.4 Å². The average molecular weight is 578 g/mol. The predicted octanol–water partition coefficient (Wildman–Crippen LogP) is 4.38. The van der Waals surface area contributed by atoms with Crippen molar-refractivity contribution in [3.05, 3.63) is 89.5 Å². The SMILES string of the molecule is CNC(=O)[C@@H](C)N(Cc1cccc(OC)c1)C(=O)CN(c1cccc(C(F)(F)F)c1)S(=O)(=O)c1ccc(C)cc1. The van der Waals surface area contributed by atoms with Crippen molar-refractivity contribution in [3.63, 3.8) is 0 Å². The van der Waals surface area contributed by atoms with Gasteiger partial charge in [-0.2, -0.15) is 13.2 Å². The topological polar surface area (TPSA) is 96.0 Å². The van der Waals surface area contributed by atoms with Gasteiger partial charge < -0.3 is 15.0 Å². The largest absolute Gasteiger partial charge is 0.497 e. The molecule has 40 heavy (non-hydrogen) atoms. The van der Waals surface area contributed by atoms with Crippen molar-refractivity contribution in [2.24, 2.45) is 0 Å². The Morgan fingerprint density at radius 1 is 1.00 bits per heavy atom. The Hall–Kier alpha value is -4.06. The van der Waals surface area contributed by atoms with E-state index in [1.54, 1.807) is 43.3 Å². The van der Waals surface area contributed by atoms with Gasteiger partial charge in [-0.3, -0.25) is 13.9 Å². The van der Waals surface area contributed by atoms with Gasteiger partial charge in [0.25, 0.3) is 10.0 Å². The van der Waals surface area contributed by atoms with Gasteiger partial charge in [0.2, 0.25) is 11.8 Å². The second kappa shape index (κ2) is 12.4. The Labute approximate surface area is 231 Å². The molecule has 0 aliphatic heterocycles. The number of aryl methyl sites for hydroxylation is 1. The number of rotatable bonds is 10. The van der Waals surface area contributed by atoms with Crippen LogP contribution in [-0.4, -0.2) is 51.9 Å². The monoisotopic (exact) mass is 577 g/mol. The molecule has 0 heterocycles. The van der Waals surface area contributed by atoms with Gasteiger partial charge in [0.1, 0.15) is 18.3 Å². The van der Waals surface area contributed by atoms with Crippen LogP contribution in [0.1, 0.15) is 23.6 Å². The summed E-state index contributed by atoms with van der Waals surface area (Å²) in [6.07, 6.45) is -4.74. The van der Waals surface area contributed by atoms with E-state index < -0.39 is 46.2 Å². The molecule has 214 valence electrons. The van der Waals surface area contributed by atoms with E-state index >= 15 is 0 Å². The minimum absolute atomic E-state index is 0.0916. The Morgan fingerprint density at radius 3 is 2.25 bits per heavy atom. The lowest BCUT2D eigenvalue weighted by Crippen LogP contribution is -2.50. The molecule has 0 fully saturated rings. The van der Waals surface area contributed by atoms with Crippen molar-refractivity contribution in [2.45, 2.75) is 37.5 Å². The summed E-state index contributed by atoms with van der Waals surface area (Å²) in [5.74, 6) is -0.805. The predicted molar refractivity (Wildman–Crippen MR) is 144 cm³/mol. The molecule has 3 rings (SSSR count). The summed E-state index contributed by atoms with van der Waals surface area (Å²) in [4.78, 5) is 27.3. The molecule has 12 heteroatoms. The summed E-state index contributed by atoms with van der Waals surface area (Å²) in [6, 6.07) is 15.2. The molecule has 0 aliphatic carbocycles. The Kier molecular flexibility index (Phi) is 9.46. The Bertz CT molecular complexity index is 1460. The number of ether oxygens (including phenoxy) is 1. The van der Waals surface area contributed by atoms with Gasteiger partial charge in [0, 0.05) is 13.6 Å². The number of amides is 2. The highest BCUT2D eigenvalue weighted by molar-refractivity contribution is 7.92. The molecule has 1 N–H and O–H groups in total. The first-order valence-corrected chi connectivity index (χ1v) is 13.6. The molecule has 3 aromatic carbocycles. The van der Waals surface area contributed by atoms with Crippen LogP contribution in [0.15, 0.2) is 77.7 Å². The Morgan fingerprint density at radius 2 is 1.65 bits per heavy atom. The van der Waals surface area contributed by atoms with Crippen molar-refractivity contribution in [1.82, 2.24) is 10.2 Å². The van der Waals surface area contributed by atoms with E-state index in [1.165, 1.54) is 44.2 Å². The lowest BCUT2D eigenvalue weighted by atomic mass is 10.1. The fourth-order valence-corrected chi connectivity index (χ4v) is 5.37. The zero-order valence-electron chi connectivity index (χ0n) is 22.4. The van der Waals surface area contributed by atoms with Crippen molar-refractivity contribution >= 4 is 27.5 Å². The fourth-order valence-electron chi connectivity index (χ4n) is 3.96. The maximum Gasteiger partial charge on any atom is 0.416 e. The molecule has 0 aliphatic rings. The second-order valence-electron chi connectivity index (χ2n) is 9.04. The zero-order valence-corrected chi connectivity index (χ0v) is 23.2. The Balaban J connectivity index is 2.09. The van der Waals surface area contributed by atoms with Gasteiger partial charge in [-0.15, -0.1) is 0 Å². The number of carbonyl (C=O) groups excluding carboxylic acids is 2. The molecule has 1 atom stereocenters. The molecule has 0 aromatic heterocycles. The number of benzene rings is 3. The summed E-state index contributed by atoms with van der Waals surface area (Å²) in [7, 11) is -1.64. The first kappa shape index (κ1) is 30.5. The van der Waals surface area contributed by atoms with Gasteiger partial charge in [-0.25, -0.2) is 8.42 Å². The number of nitrogens with zero attached hydrogens (tertiary/aromatic N) is 2. The molecular formula is C28H30F3N3O5S. The zero-order chi connectivity index (χ0) is 29.7. The molecule has 8 nitrogen and oxygen atoms in total. The first-order valence-electron chi connectivity index (χ1n) is 12.2. The van der Waals surface area contributed by atoms with E-state index in [0.29, 0.717) is 21.7 Å². The van der Waals surface area contributed by atoms with Crippen LogP contribution in [0.3, 0.4) is 0 Å². The average Bonchev–Trinajstić information content (AvgIpc) is 2.93. The third-order valence-corrected chi connectivity index (χ3v) is 8.04. The van der Waals surface area contributed by atoms with Crippen molar-refractivity contribution in [1.29, 1.82) is 0 Å². The van der Waals surface area contributed by atoms with E-state index in [1.807, 2.05) is 0 Å². The van der Waals surface area contributed by atoms with Crippen LogP contribution in [-0.2, 0) is 32.3 Å². The van der Waals surface area contributed by atoms with Crippen molar-refractivity contribution in [3.8, 4) is 5.75 Å². The third-order valence-electron chi connectivity index (χ3n) is 6.25. The van der Waals surface area contributed by atoms with E-state index in [2.05, 4.69) is 5.32 Å². The minimum atomic E-state index is -4.74. The lowest BCUT2D eigenvalue weighted by Gasteiger charge is -2.32. The number of hydrogen-bond acceptors (Lipinski definition) is 5. The highest BCUT2D eigenvalue weighted by atomic mass is 32.2. The van der Waals surface area contributed by atoms with Crippen LogP contribution >= 0.6 is 0 Å². The van der Waals surface area contributed by atoms with Gasteiger partial charge in [-0.05, 0) is 61.9 Å². The number of nitrogens with one attached hydrogen (secondary N) is 1. The number of carbonyl (C=O) groups is 2. The molecule has 3 aromatic rings. The molecule has 0 saturated heterocycles. The molecule has 0 unspecified atom stereocenters. The van der Waals surface area contributed by atoms with Gasteiger partial charge in [0.15, 0.2) is 0 Å². The van der Waals surface area contributed by atoms with Crippen LogP contribution in [0.2, 0.25) is 0 Å². The number of methoxy groups -OCH3 is 1. The number of alkyl halides is 3. The number of halogens is 3. The van der Waals surface area contributed by atoms with E-state index in [4.69, 9.17) is 4.74 Å². The summed E-state index contributed by atoms with van der Waals surface area (Å²) in [5.41, 5.74) is -0.0637. The van der Waals surface area contributed by atoms with Crippen LogP contribution in [0, 0.1) is 6.92 Å². The van der Waals surface area contributed by atoms with E-state index in [-0.39, 0.29) is 17.1 Å². The molecule has 0 spiro atoms. The summed E-state index contributed by atoms with van der Waals surface area (Å²) in [6.45, 7) is 2.27. The maximum atomic E-state index is 13.7. The smallest absolute Gasteiger partial charge is 0.416 e. The van der Waals surface area contributed by atoms with Gasteiger partial charge in [0.05, 0.1) is 23.3 Å². The second-order valence-corrected chi connectivity index (χ2v) is 10.9. The van der Waals surface area contributed by atoms with Crippen LogP contribution in [0.5, 0.6) is 5.75 Å². The number of anilines is 1. The number of likely N-dealkylation sites (N-methyl/N-ethyl adjacent to an activating group) is 1. The molecular weight excluding hydrogens is 547 g/mol. The quantitative estimate of drug-likeness (QED) is 0.386. The van der Waals surface area contributed by atoms with Crippen LogP contribution in [0.4, 0.5) is 18.9 Å².